The number of nitrogens with one attached hydrogen (secondary N) is 1. The molecule has 1 aromatic rings. The Balaban J connectivity index is 1.79. The SMILES string of the molecule is CC(C)CC(CO)NC1CCN(c2ccccn2)CC1. The third-order valence-corrected chi connectivity index (χ3v) is 3.92. The van der Waals surface area contributed by atoms with Crippen LogP contribution in [-0.2, 0) is 0 Å². The first-order chi connectivity index (χ1) is 9.69. The van der Waals surface area contributed by atoms with Gasteiger partial charge in [0, 0.05) is 31.4 Å². The molecular formula is C16H27N3O. The second-order valence-electron chi connectivity index (χ2n) is 6.12. The molecule has 1 fully saturated rings. The third kappa shape index (κ3) is 4.46. The Morgan fingerprint density at radius 1 is 1.35 bits per heavy atom. The van der Waals surface area contributed by atoms with E-state index in [2.05, 4.69) is 35.1 Å². The molecule has 0 aromatic carbocycles. The van der Waals surface area contributed by atoms with Crippen molar-refractivity contribution in [2.24, 2.45) is 5.92 Å². The van der Waals surface area contributed by atoms with Crippen molar-refractivity contribution < 1.29 is 5.11 Å². The maximum atomic E-state index is 9.45. The van der Waals surface area contributed by atoms with E-state index in [9.17, 15) is 5.11 Å². The lowest BCUT2D eigenvalue weighted by molar-refractivity contribution is 0.205. The summed E-state index contributed by atoms with van der Waals surface area (Å²) < 4.78 is 0. The number of pyridine rings is 1. The smallest absolute Gasteiger partial charge is 0.128 e. The van der Waals surface area contributed by atoms with Crippen molar-refractivity contribution >= 4 is 5.82 Å². The quantitative estimate of drug-likeness (QED) is 0.835. The van der Waals surface area contributed by atoms with Crippen LogP contribution in [0.2, 0.25) is 0 Å². The van der Waals surface area contributed by atoms with Gasteiger partial charge in [-0.15, -0.1) is 0 Å². The van der Waals surface area contributed by atoms with Crippen LogP contribution in [-0.4, -0.2) is 41.9 Å². The van der Waals surface area contributed by atoms with Gasteiger partial charge < -0.3 is 15.3 Å². The maximum absolute atomic E-state index is 9.45. The number of piperidine rings is 1. The monoisotopic (exact) mass is 277 g/mol. The highest BCUT2D eigenvalue weighted by atomic mass is 16.3. The summed E-state index contributed by atoms with van der Waals surface area (Å²) in [6.45, 7) is 6.71. The minimum atomic E-state index is 0.235. The Morgan fingerprint density at radius 2 is 2.10 bits per heavy atom. The average molecular weight is 277 g/mol. The van der Waals surface area contributed by atoms with Crippen molar-refractivity contribution in [3.8, 4) is 0 Å². The topological polar surface area (TPSA) is 48.4 Å². The molecule has 0 aliphatic carbocycles. The Hall–Kier alpha value is -1.13. The van der Waals surface area contributed by atoms with Crippen LogP contribution in [0.3, 0.4) is 0 Å². The molecule has 0 saturated carbocycles. The molecule has 112 valence electrons. The highest BCUT2D eigenvalue weighted by Gasteiger charge is 2.22. The summed E-state index contributed by atoms with van der Waals surface area (Å²) >= 11 is 0. The number of rotatable bonds is 6. The molecule has 2 heterocycles. The van der Waals surface area contributed by atoms with E-state index in [-0.39, 0.29) is 12.6 Å². The number of aromatic nitrogens is 1. The van der Waals surface area contributed by atoms with Gasteiger partial charge in [-0.3, -0.25) is 0 Å². The number of nitrogens with zero attached hydrogens (tertiary/aromatic N) is 2. The highest BCUT2D eigenvalue weighted by molar-refractivity contribution is 5.38. The molecule has 1 aliphatic rings. The first kappa shape index (κ1) is 15.3. The fourth-order valence-electron chi connectivity index (χ4n) is 2.91. The average Bonchev–Trinajstić information content (AvgIpc) is 2.48. The Labute approximate surface area is 122 Å². The van der Waals surface area contributed by atoms with Crippen LogP contribution in [0.15, 0.2) is 24.4 Å². The zero-order valence-corrected chi connectivity index (χ0v) is 12.6. The first-order valence-electron chi connectivity index (χ1n) is 7.72. The molecule has 1 aromatic heterocycles. The molecule has 0 bridgehead atoms. The normalized spacial score (nSPS) is 18.5. The van der Waals surface area contributed by atoms with Crippen LogP contribution >= 0.6 is 0 Å². The Morgan fingerprint density at radius 3 is 2.65 bits per heavy atom. The first-order valence-corrected chi connectivity index (χ1v) is 7.72. The fraction of sp³-hybridized carbons (Fsp3) is 0.688. The van der Waals surface area contributed by atoms with Gasteiger partial charge in [0.2, 0.25) is 0 Å². The molecule has 2 N–H and O–H groups in total. The van der Waals surface area contributed by atoms with Gasteiger partial charge in [-0.25, -0.2) is 4.98 Å². The van der Waals surface area contributed by atoms with Crippen LogP contribution in [0.1, 0.15) is 33.1 Å². The Kier molecular flexibility index (Phi) is 5.80. The number of aliphatic hydroxyl groups is 1. The summed E-state index contributed by atoms with van der Waals surface area (Å²) in [4.78, 5) is 6.75. The summed E-state index contributed by atoms with van der Waals surface area (Å²) in [5.41, 5.74) is 0. The lowest BCUT2D eigenvalue weighted by Crippen LogP contribution is -2.47. The minimum Gasteiger partial charge on any atom is -0.395 e. The Bertz CT molecular complexity index is 375. The predicted octanol–water partition coefficient (Wildman–Crippen LogP) is 2.05. The number of hydrogen-bond acceptors (Lipinski definition) is 4. The molecule has 0 radical (unpaired) electrons. The molecule has 1 atom stereocenters. The second kappa shape index (κ2) is 7.60. The molecule has 2 rings (SSSR count). The summed E-state index contributed by atoms with van der Waals surface area (Å²) in [6, 6.07) is 6.82. The van der Waals surface area contributed by atoms with E-state index in [0.29, 0.717) is 12.0 Å². The number of anilines is 1. The van der Waals surface area contributed by atoms with Gasteiger partial charge >= 0.3 is 0 Å². The maximum Gasteiger partial charge on any atom is 0.128 e. The van der Waals surface area contributed by atoms with Crippen LogP contribution in [0.25, 0.3) is 0 Å². The van der Waals surface area contributed by atoms with Gasteiger partial charge in [-0.2, -0.15) is 0 Å². The lowest BCUT2D eigenvalue weighted by atomic mass is 10.00. The van der Waals surface area contributed by atoms with Gasteiger partial charge in [-0.05, 0) is 37.3 Å². The number of hydrogen-bond donors (Lipinski definition) is 2. The minimum absolute atomic E-state index is 0.235. The highest BCUT2D eigenvalue weighted by Crippen LogP contribution is 2.18. The van der Waals surface area contributed by atoms with Gasteiger partial charge in [0.25, 0.3) is 0 Å². The van der Waals surface area contributed by atoms with E-state index in [1.165, 1.54) is 0 Å². The molecule has 4 heteroatoms. The molecule has 1 unspecified atom stereocenters. The summed E-state index contributed by atoms with van der Waals surface area (Å²) in [7, 11) is 0. The van der Waals surface area contributed by atoms with Crippen molar-refractivity contribution in [3.63, 3.8) is 0 Å². The zero-order chi connectivity index (χ0) is 14.4. The largest absolute Gasteiger partial charge is 0.395 e. The van der Waals surface area contributed by atoms with E-state index in [0.717, 1.165) is 38.2 Å². The zero-order valence-electron chi connectivity index (χ0n) is 12.6. The van der Waals surface area contributed by atoms with E-state index in [1.807, 2.05) is 18.3 Å². The van der Waals surface area contributed by atoms with Crippen molar-refractivity contribution in [2.75, 3.05) is 24.6 Å². The predicted molar refractivity (Wildman–Crippen MR) is 82.9 cm³/mol. The van der Waals surface area contributed by atoms with Gasteiger partial charge in [0.15, 0.2) is 0 Å². The van der Waals surface area contributed by atoms with Crippen molar-refractivity contribution in [2.45, 2.75) is 45.2 Å². The van der Waals surface area contributed by atoms with E-state index in [4.69, 9.17) is 0 Å². The summed E-state index contributed by atoms with van der Waals surface area (Å²) in [5.74, 6) is 1.69. The van der Waals surface area contributed by atoms with Gasteiger partial charge in [-0.1, -0.05) is 19.9 Å². The molecule has 20 heavy (non-hydrogen) atoms. The standard InChI is InChI=1S/C16H27N3O/c1-13(2)11-15(12-20)18-14-6-9-19(10-7-14)16-5-3-4-8-17-16/h3-5,8,13-15,18,20H,6-7,9-12H2,1-2H3. The summed E-state index contributed by atoms with van der Waals surface area (Å²) in [6.07, 6.45) is 5.12. The third-order valence-electron chi connectivity index (χ3n) is 3.92. The van der Waals surface area contributed by atoms with Gasteiger partial charge in [0.05, 0.1) is 6.61 Å². The van der Waals surface area contributed by atoms with E-state index in [1.54, 1.807) is 0 Å². The van der Waals surface area contributed by atoms with Crippen molar-refractivity contribution in [1.29, 1.82) is 0 Å². The molecule has 1 aliphatic heterocycles. The van der Waals surface area contributed by atoms with Crippen molar-refractivity contribution in [3.05, 3.63) is 24.4 Å². The van der Waals surface area contributed by atoms with Crippen LogP contribution in [0.4, 0.5) is 5.82 Å². The van der Waals surface area contributed by atoms with E-state index >= 15 is 0 Å². The van der Waals surface area contributed by atoms with E-state index < -0.39 is 0 Å². The molecule has 1 saturated heterocycles. The second-order valence-corrected chi connectivity index (χ2v) is 6.12. The molecule has 0 amide bonds. The molecule has 0 spiro atoms. The molecular weight excluding hydrogens is 250 g/mol. The van der Waals surface area contributed by atoms with Crippen LogP contribution in [0, 0.1) is 5.92 Å². The van der Waals surface area contributed by atoms with Crippen LogP contribution in [0.5, 0.6) is 0 Å². The summed E-state index contributed by atoms with van der Waals surface area (Å²) in [5, 5.41) is 13.1. The van der Waals surface area contributed by atoms with Crippen LogP contribution < -0.4 is 10.2 Å². The lowest BCUT2D eigenvalue weighted by Gasteiger charge is -2.35. The van der Waals surface area contributed by atoms with Crippen molar-refractivity contribution in [1.82, 2.24) is 10.3 Å². The fourth-order valence-corrected chi connectivity index (χ4v) is 2.91. The van der Waals surface area contributed by atoms with Gasteiger partial charge in [0.1, 0.15) is 5.82 Å². The number of aliphatic hydroxyl groups excluding tert-OH is 1. The molecule has 4 nitrogen and oxygen atoms in total.